The highest BCUT2D eigenvalue weighted by atomic mass is 32.2. The number of nitrogens with zero attached hydrogens (tertiary/aromatic N) is 1. The number of fused-ring (bicyclic) bond motifs is 1. The third-order valence-corrected chi connectivity index (χ3v) is 9.26. The molecule has 1 aliphatic heterocycles. The molecular weight excluding hydrogens is 508 g/mol. The van der Waals surface area contributed by atoms with Crippen molar-refractivity contribution in [3.05, 3.63) is 81.7 Å². The van der Waals surface area contributed by atoms with Crippen LogP contribution < -0.4 is 5.32 Å². The van der Waals surface area contributed by atoms with Crippen LogP contribution in [0.4, 0.5) is 5.00 Å². The molecule has 1 amide bonds. The van der Waals surface area contributed by atoms with E-state index in [1.165, 1.54) is 16.9 Å². The number of sulfone groups is 1. The Hall–Kier alpha value is -3.01. The number of hydrogen-bond donors (Lipinski definition) is 1. The van der Waals surface area contributed by atoms with Gasteiger partial charge in [0.05, 0.1) is 22.8 Å². The van der Waals surface area contributed by atoms with Crippen molar-refractivity contribution < 1.29 is 22.7 Å². The van der Waals surface area contributed by atoms with Crippen LogP contribution >= 0.6 is 11.3 Å². The Bertz CT molecular complexity index is 1350. The second kappa shape index (κ2) is 12.0. The van der Waals surface area contributed by atoms with Crippen molar-refractivity contribution in [3.63, 3.8) is 0 Å². The minimum atomic E-state index is -3.47. The van der Waals surface area contributed by atoms with E-state index in [4.69, 9.17) is 4.74 Å². The van der Waals surface area contributed by atoms with Crippen LogP contribution in [0.2, 0.25) is 0 Å². The molecule has 37 heavy (non-hydrogen) atoms. The maximum atomic E-state index is 12.8. The third kappa shape index (κ3) is 6.85. The highest BCUT2D eigenvalue weighted by Gasteiger charge is 2.29. The molecule has 1 aromatic heterocycles. The van der Waals surface area contributed by atoms with Crippen LogP contribution in [0.1, 0.15) is 51.7 Å². The molecule has 0 aliphatic carbocycles. The molecule has 7 nitrogen and oxygen atoms in total. The lowest BCUT2D eigenvalue weighted by Gasteiger charge is -2.27. The van der Waals surface area contributed by atoms with Gasteiger partial charge in [-0.3, -0.25) is 9.69 Å². The third-order valence-electron chi connectivity index (χ3n) is 6.31. The van der Waals surface area contributed by atoms with E-state index >= 15 is 0 Å². The molecule has 0 bridgehead atoms. The average Bonchev–Trinajstić information content (AvgIpc) is 3.22. The molecular formula is C28H32N2O5S2. The van der Waals surface area contributed by atoms with E-state index in [2.05, 4.69) is 22.3 Å². The largest absolute Gasteiger partial charge is 0.462 e. The molecule has 196 valence electrons. The van der Waals surface area contributed by atoms with Gasteiger partial charge in [0.1, 0.15) is 5.00 Å². The summed E-state index contributed by atoms with van der Waals surface area (Å²) in [7, 11) is -3.47. The van der Waals surface area contributed by atoms with Crippen LogP contribution in [0.15, 0.2) is 59.5 Å². The molecule has 9 heteroatoms. The lowest BCUT2D eigenvalue weighted by Crippen LogP contribution is -2.29. The molecule has 2 aromatic carbocycles. The number of benzene rings is 2. The van der Waals surface area contributed by atoms with Gasteiger partial charge in [0, 0.05) is 30.9 Å². The molecule has 0 fully saturated rings. The Kier molecular flexibility index (Phi) is 8.79. The van der Waals surface area contributed by atoms with Crippen molar-refractivity contribution in [2.75, 3.05) is 24.2 Å². The van der Waals surface area contributed by atoms with Crippen molar-refractivity contribution in [1.82, 2.24) is 4.90 Å². The van der Waals surface area contributed by atoms with Crippen molar-refractivity contribution in [2.45, 2.75) is 51.1 Å². The first-order chi connectivity index (χ1) is 17.8. The number of hydrogen-bond acceptors (Lipinski definition) is 7. The van der Waals surface area contributed by atoms with Crippen LogP contribution in [0.3, 0.4) is 0 Å². The Morgan fingerprint density at radius 2 is 1.81 bits per heavy atom. The fourth-order valence-electron chi connectivity index (χ4n) is 4.42. The predicted octanol–water partition coefficient (Wildman–Crippen LogP) is 4.98. The first kappa shape index (κ1) is 27.0. The van der Waals surface area contributed by atoms with Gasteiger partial charge >= 0.3 is 5.97 Å². The van der Waals surface area contributed by atoms with Crippen molar-refractivity contribution in [1.29, 1.82) is 0 Å². The number of carbonyl (C=O) groups excluding carboxylic acids is 2. The van der Waals surface area contributed by atoms with Gasteiger partial charge in [-0.1, -0.05) is 48.0 Å². The predicted molar refractivity (Wildman–Crippen MR) is 146 cm³/mol. The molecule has 0 atom stereocenters. The monoisotopic (exact) mass is 540 g/mol. The van der Waals surface area contributed by atoms with Gasteiger partial charge in [0.25, 0.3) is 0 Å². The van der Waals surface area contributed by atoms with Gasteiger partial charge in [0.15, 0.2) is 9.84 Å². The molecule has 0 saturated heterocycles. The van der Waals surface area contributed by atoms with Crippen molar-refractivity contribution >= 4 is 38.1 Å². The molecule has 0 spiro atoms. The number of rotatable bonds is 10. The quantitative estimate of drug-likeness (QED) is 0.365. The summed E-state index contributed by atoms with van der Waals surface area (Å²) in [6.07, 6.45) is 0.917. The normalized spacial score (nSPS) is 13.7. The van der Waals surface area contributed by atoms with E-state index in [0.717, 1.165) is 29.1 Å². The second-order valence-corrected chi connectivity index (χ2v) is 12.4. The Balaban J connectivity index is 1.42. The Morgan fingerprint density at radius 1 is 1.08 bits per heavy atom. The van der Waals surface area contributed by atoms with Crippen molar-refractivity contribution in [2.24, 2.45) is 0 Å². The molecule has 0 radical (unpaired) electrons. The molecule has 2 heterocycles. The summed E-state index contributed by atoms with van der Waals surface area (Å²) in [5.74, 6) is -0.873. The summed E-state index contributed by atoms with van der Waals surface area (Å²) in [6.45, 7) is 6.19. The number of thiophene rings is 1. The van der Waals surface area contributed by atoms with E-state index in [1.54, 1.807) is 31.2 Å². The van der Waals surface area contributed by atoms with Crippen LogP contribution in [0.25, 0.3) is 0 Å². The number of ether oxygens (including phenoxy) is 1. The van der Waals surface area contributed by atoms with E-state index in [-0.39, 0.29) is 36.0 Å². The fourth-order valence-corrected chi connectivity index (χ4v) is 7.02. The molecule has 1 aliphatic rings. The van der Waals surface area contributed by atoms with Crippen LogP contribution in [-0.2, 0) is 38.9 Å². The number of esters is 1. The maximum Gasteiger partial charge on any atom is 0.341 e. The van der Waals surface area contributed by atoms with E-state index in [0.29, 0.717) is 23.5 Å². The topological polar surface area (TPSA) is 92.8 Å². The zero-order valence-electron chi connectivity index (χ0n) is 21.2. The first-order valence-corrected chi connectivity index (χ1v) is 14.9. The number of aryl methyl sites for hydroxylation is 1. The fraction of sp³-hybridized carbons (Fsp3) is 0.357. The molecule has 4 rings (SSSR count). The molecule has 1 N–H and O–H groups in total. The van der Waals surface area contributed by atoms with E-state index in [1.807, 2.05) is 25.1 Å². The number of anilines is 1. The first-order valence-electron chi connectivity index (χ1n) is 12.4. The smallest absolute Gasteiger partial charge is 0.341 e. The van der Waals surface area contributed by atoms with Gasteiger partial charge in [-0.15, -0.1) is 11.3 Å². The Labute approximate surface area is 222 Å². The number of nitrogens with one attached hydrogen (secondary N) is 1. The Morgan fingerprint density at radius 3 is 2.51 bits per heavy atom. The number of carbonyl (C=O) groups is 2. The molecule has 3 aromatic rings. The van der Waals surface area contributed by atoms with Crippen LogP contribution in [0.5, 0.6) is 0 Å². The molecule has 0 saturated carbocycles. The van der Waals surface area contributed by atoms with Gasteiger partial charge in [-0.2, -0.15) is 0 Å². The summed E-state index contributed by atoms with van der Waals surface area (Å²) < 4.78 is 30.5. The summed E-state index contributed by atoms with van der Waals surface area (Å²) in [6, 6.07) is 16.9. The molecule has 0 unspecified atom stereocenters. The summed E-state index contributed by atoms with van der Waals surface area (Å²) in [5, 5.41) is 3.35. The SMILES string of the molecule is CCOC(=O)c1c(NC(=O)CCCS(=O)(=O)c2ccc(C)cc2)sc2c1CCN(Cc1ccccc1)C2. The van der Waals surface area contributed by atoms with Gasteiger partial charge in [-0.25, -0.2) is 13.2 Å². The van der Waals surface area contributed by atoms with Gasteiger partial charge in [-0.05, 0) is 49.9 Å². The lowest BCUT2D eigenvalue weighted by molar-refractivity contribution is -0.116. The summed E-state index contributed by atoms with van der Waals surface area (Å²) >= 11 is 1.40. The van der Waals surface area contributed by atoms with Gasteiger partial charge < -0.3 is 10.1 Å². The van der Waals surface area contributed by atoms with Crippen LogP contribution in [0, 0.1) is 6.92 Å². The maximum absolute atomic E-state index is 12.8. The van der Waals surface area contributed by atoms with Gasteiger partial charge in [0.2, 0.25) is 5.91 Å². The van der Waals surface area contributed by atoms with E-state index < -0.39 is 15.8 Å². The zero-order valence-corrected chi connectivity index (χ0v) is 22.8. The zero-order chi connectivity index (χ0) is 26.4. The minimum Gasteiger partial charge on any atom is -0.462 e. The number of amides is 1. The van der Waals surface area contributed by atoms with E-state index in [9.17, 15) is 18.0 Å². The second-order valence-electron chi connectivity index (χ2n) is 9.16. The average molecular weight is 541 g/mol. The van der Waals surface area contributed by atoms with Crippen molar-refractivity contribution in [3.8, 4) is 0 Å². The summed E-state index contributed by atoms with van der Waals surface area (Å²) in [4.78, 5) is 29.2. The highest BCUT2D eigenvalue weighted by molar-refractivity contribution is 7.91. The summed E-state index contributed by atoms with van der Waals surface area (Å²) in [5.41, 5.74) is 3.58. The highest BCUT2D eigenvalue weighted by Crippen LogP contribution is 2.38. The minimum absolute atomic E-state index is 0.0378. The lowest BCUT2D eigenvalue weighted by atomic mass is 10.0. The van der Waals surface area contributed by atoms with Crippen LogP contribution in [-0.4, -0.2) is 44.1 Å². The standard InChI is InChI=1S/C28H32N2O5S2/c1-3-35-28(32)26-23-15-16-30(18-21-8-5-4-6-9-21)19-24(23)36-27(26)29-25(31)10-7-17-37(33,34)22-13-11-20(2)12-14-22/h4-6,8-9,11-14H,3,7,10,15-19H2,1-2H3,(H,29,31).